The number of aliphatic hydroxyl groups is 2. The number of likely N-dealkylation sites (tertiary alicyclic amines) is 1. The molecule has 1 aromatic carbocycles. The topological polar surface area (TPSA) is 86.8 Å². The van der Waals surface area contributed by atoms with Gasteiger partial charge in [-0.2, -0.15) is 0 Å². The Morgan fingerprint density at radius 2 is 2.00 bits per heavy atom. The highest BCUT2D eigenvalue weighted by molar-refractivity contribution is 9.10. The third kappa shape index (κ3) is 2.69. The molecule has 0 unspecified atom stereocenters. The van der Waals surface area contributed by atoms with Crippen molar-refractivity contribution < 1.29 is 15.1 Å². The molecule has 1 aliphatic rings. The molecule has 0 amide bonds. The molecular formula is C11H13BrN2O4. The van der Waals surface area contributed by atoms with Crippen molar-refractivity contribution in [3.05, 3.63) is 38.3 Å². The average Bonchev–Trinajstić information content (AvgIpc) is 2.60. The van der Waals surface area contributed by atoms with Crippen LogP contribution in [0.1, 0.15) is 5.56 Å². The second kappa shape index (κ2) is 5.31. The van der Waals surface area contributed by atoms with Crippen molar-refractivity contribution in [2.45, 2.75) is 18.8 Å². The third-order valence-corrected chi connectivity index (χ3v) is 3.90. The van der Waals surface area contributed by atoms with Crippen molar-refractivity contribution in [2.75, 3.05) is 13.1 Å². The van der Waals surface area contributed by atoms with Gasteiger partial charge in [0.05, 0.1) is 21.6 Å². The first-order valence-corrected chi connectivity index (χ1v) is 6.28. The van der Waals surface area contributed by atoms with E-state index in [1.54, 1.807) is 12.1 Å². The molecule has 0 radical (unpaired) electrons. The summed E-state index contributed by atoms with van der Waals surface area (Å²) >= 11 is 3.23. The van der Waals surface area contributed by atoms with Gasteiger partial charge in [-0.3, -0.25) is 15.0 Å². The van der Waals surface area contributed by atoms with E-state index in [0.717, 1.165) is 5.56 Å². The first-order chi connectivity index (χ1) is 8.49. The Labute approximate surface area is 112 Å². The number of nitro benzene ring substituents is 1. The zero-order valence-electron chi connectivity index (χ0n) is 9.49. The Morgan fingerprint density at radius 1 is 1.39 bits per heavy atom. The van der Waals surface area contributed by atoms with E-state index in [0.29, 0.717) is 24.1 Å². The van der Waals surface area contributed by atoms with Crippen LogP contribution in [0, 0.1) is 10.1 Å². The highest BCUT2D eigenvalue weighted by Gasteiger charge is 2.30. The average molecular weight is 317 g/mol. The van der Waals surface area contributed by atoms with E-state index >= 15 is 0 Å². The van der Waals surface area contributed by atoms with Gasteiger partial charge in [-0.05, 0) is 21.5 Å². The van der Waals surface area contributed by atoms with Gasteiger partial charge in [0.15, 0.2) is 0 Å². The van der Waals surface area contributed by atoms with Crippen LogP contribution >= 0.6 is 15.9 Å². The lowest BCUT2D eigenvalue weighted by molar-refractivity contribution is -0.385. The van der Waals surface area contributed by atoms with Crippen molar-refractivity contribution in [2.24, 2.45) is 0 Å². The second-order valence-electron chi connectivity index (χ2n) is 4.34. The number of nitrogens with zero attached hydrogens (tertiary/aromatic N) is 2. The SMILES string of the molecule is O=[N+]([O-])c1cccc(CN2C[C@@H](O)[C@@H](O)C2)c1Br. The van der Waals surface area contributed by atoms with Crippen molar-refractivity contribution >= 4 is 21.6 Å². The summed E-state index contributed by atoms with van der Waals surface area (Å²) in [6.45, 7) is 1.20. The summed E-state index contributed by atoms with van der Waals surface area (Å²) in [6, 6.07) is 4.84. The zero-order chi connectivity index (χ0) is 13.3. The molecular weight excluding hydrogens is 304 g/mol. The summed E-state index contributed by atoms with van der Waals surface area (Å²) in [7, 11) is 0. The smallest absolute Gasteiger partial charge is 0.283 e. The molecule has 2 rings (SSSR count). The molecule has 1 heterocycles. The number of aliphatic hydroxyl groups excluding tert-OH is 2. The van der Waals surface area contributed by atoms with Crippen LogP contribution in [-0.2, 0) is 6.54 Å². The summed E-state index contributed by atoms with van der Waals surface area (Å²) in [5.41, 5.74) is 0.790. The number of hydrogen-bond acceptors (Lipinski definition) is 5. The lowest BCUT2D eigenvalue weighted by atomic mass is 10.2. The maximum absolute atomic E-state index is 10.8. The number of halogens is 1. The van der Waals surface area contributed by atoms with Gasteiger partial charge >= 0.3 is 0 Å². The Balaban J connectivity index is 2.15. The van der Waals surface area contributed by atoms with Crippen LogP contribution in [-0.4, -0.2) is 45.3 Å². The maximum atomic E-state index is 10.8. The van der Waals surface area contributed by atoms with Crippen LogP contribution in [0.2, 0.25) is 0 Å². The van der Waals surface area contributed by atoms with Crippen molar-refractivity contribution in [3.63, 3.8) is 0 Å². The fourth-order valence-electron chi connectivity index (χ4n) is 2.05. The highest BCUT2D eigenvalue weighted by atomic mass is 79.9. The quantitative estimate of drug-likeness (QED) is 0.639. The minimum absolute atomic E-state index is 0.0211. The molecule has 0 spiro atoms. The van der Waals surface area contributed by atoms with Crippen LogP contribution in [0.3, 0.4) is 0 Å². The summed E-state index contributed by atoms with van der Waals surface area (Å²) in [5, 5.41) is 29.7. The monoisotopic (exact) mass is 316 g/mol. The van der Waals surface area contributed by atoms with Gasteiger partial charge in [0.25, 0.3) is 5.69 Å². The summed E-state index contributed by atoms with van der Waals surface area (Å²) in [6.07, 6.45) is -1.50. The predicted molar refractivity (Wildman–Crippen MR) is 68.1 cm³/mol. The lowest BCUT2D eigenvalue weighted by Crippen LogP contribution is -2.22. The van der Waals surface area contributed by atoms with E-state index in [1.807, 2.05) is 4.90 Å². The zero-order valence-corrected chi connectivity index (χ0v) is 11.1. The Morgan fingerprint density at radius 3 is 2.56 bits per heavy atom. The van der Waals surface area contributed by atoms with E-state index < -0.39 is 17.1 Å². The van der Waals surface area contributed by atoms with E-state index in [2.05, 4.69) is 15.9 Å². The summed E-state index contributed by atoms with van der Waals surface area (Å²) in [4.78, 5) is 12.2. The number of hydrogen-bond donors (Lipinski definition) is 2. The van der Waals surface area contributed by atoms with Gasteiger partial charge in [-0.1, -0.05) is 12.1 Å². The maximum Gasteiger partial charge on any atom is 0.283 e. The molecule has 1 aliphatic heterocycles. The molecule has 2 atom stereocenters. The second-order valence-corrected chi connectivity index (χ2v) is 5.13. The molecule has 1 fully saturated rings. The first kappa shape index (κ1) is 13.4. The third-order valence-electron chi connectivity index (χ3n) is 2.98. The van der Waals surface area contributed by atoms with Gasteiger partial charge in [0, 0.05) is 25.7 Å². The molecule has 6 nitrogen and oxygen atoms in total. The molecule has 18 heavy (non-hydrogen) atoms. The summed E-state index contributed by atoms with van der Waals surface area (Å²) in [5.74, 6) is 0. The Bertz CT molecular complexity index is 458. The minimum Gasteiger partial charge on any atom is -0.389 e. The van der Waals surface area contributed by atoms with E-state index in [9.17, 15) is 20.3 Å². The van der Waals surface area contributed by atoms with E-state index in [-0.39, 0.29) is 5.69 Å². The Hall–Kier alpha value is -1.02. The van der Waals surface area contributed by atoms with Crippen LogP contribution in [0.25, 0.3) is 0 Å². The molecule has 1 saturated heterocycles. The molecule has 0 bridgehead atoms. The minimum atomic E-state index is -0.748. The Kier molecular flexibility index (Phi) is 3.96. The molecule has 7 heteroatoms. The first-order valence-electron chi connectivity index (χ1n) is 5.49. The highest BCUT2D eigenvalue weighted by Crippen LogP contribution is 2.29. The van der Waals surface area contributed by atoms with Crippen molar-refractivity contribution in [1.29, 1.82) is 0 Å². The molecule has 0 aromatic heterocycles. The fraction of sp³-hybridized carbons (Fsp3) is 0.455. The van der Waals surface area contributed by atoms with Gasteiger partial charge in [-0.25, -0.2) is 0 Å². The van der Waals surface area contributed by atoms with Gasteiger partial charge in [-0.15, -0.1) is 0 Å². The standard InChI is InChI=1S/C11H13BrN2O4/c12-11-7(2-1-3-8(11)14(17)18)4-13-5-9(15)10(16)6-13/h1-3,9-10,15-16H,4-6H2/t9-,10+. The lowest BCUT2D eigenvalue weighted by Gasteiger charge is -2.15. The van der Waals surface area contributed by atoms with Gasteiger partial charge in [0.1, 0.15) is 0 Å². The van der Waals surface area contributed by atoms with Gasteiger partial charge in [0.2, 0.25) is 0 Å². The fourth-order valence-corrected chi connectivity index (χ4v) is 2.58. The number of β-amino-alcohol motifs (C(OH)–C–C–N with tert-alkyl or cyclic N) is 2. The largest absolute Gasteiger partial charge is 0.389 e. The summed E-state index contributed by atoms with van der Waals surface area (Å²) < 4.78 is 0.450. The molecule has 0 saturated carbocycles. The number of nitro groups is 1. The molecule has 98 valence electrons. The molecule has 0 aliphatic carbocycles. The van der Waals surface area contributed by atoms with E-state index in [4.69, 9.17) is 0 Å². The van der Waals surface area contributed by atoms with Crippen molar-refractivity contribution in [3.8, 4) is 0 Å². The molecule has 1 aromatic rings. The number of benzene rings is 1. The van der Waals surface area contributed by atoms with Crippen LogP contribution in [0.5, 0.6) is 0 Å². The molecule has 2 N–H and O–H groups in total. The number of rotatable bonds is 3. The van der Waals surface area contributed by atoms with E-state index in [1.165, 1.54) is 6.07 Å². The van der Waals surface area contributed by atoms with Crippen LogP contribution in [0.4, 0.5) is 5.69 Å². The van der Waals surface area contributed by atoms with Crippen molar-refractivity contribution in [1.82, 2.24) is 4.90 Å². The van der Waals surface area contributed by atoms with Crippen LogP contribution < -0.4 is 0 Å². The van der Waals surface area contributed by atoms with Gasteiger partial charge < -0.3 is 10.2 Å². The van der Waals surface area contributed by atoms with Crippen LogP contribution in [0.15, 0.2) is 22.7 Å². The normalized spacial score (nSPS) is 24.4. The predicted octanol–water partition coefficient (Wildman–Crippen LogP) is 0.895.